The molecule has 13 heteroatoms. The predicted octanol–water partition coefficient (Wildman–Crippen LogP) is 19.5. The van der Waals surface area contributed by atoms with Gasteiger partial charge in [0.15, 0.2) is 5.78 Å². The molecule has 0 aliphatic heterocycles. The van der Waals surface area contributed by atoms with Crippen molar-refractivity contribution in [2.45, 2.75) is 232 Å². The number of carbonyl (C=O) groups is 1. The number of halogens is 1. The van der Waals surface area contributed by atoms with E-state index in [1.807, 2.05) is 30.3 Å². The molecule has 2 heterocycles. The zero-order chi connectivity index (χ0) is 58.8. The predicted molar refractivity (Wildman–Crippen MR) is 341 cm³/mol. The van der Waals surface area contributed by atoms with Crippen LogP contribution in [0.2, 0.25) is 0 Å². The summed E-state index contributed by atoms with van der Waals surface area (Å²) >= 11 is 5.35. The van der Waals surface area contributed by atoms with Crippen molar-refractivity contribution in [3.63, 3.8) is 0 Å². The van der Waals surface area contributed by atoms with Gasteiger partial charge in [0.25, 0.3) is 0 Å². The molecule has 0 spiro atoms. The van der Waals surface area contributed by atoms with Crippen molar-refractivity contribution in [2.75, 3.05) is 29.8 Å². The first kappa shape index (κ1) is 68.1. The van der Waals surface area contributed by atoms with Crippen molar-refractivity contribution in [3.8, 4) is 46.4 Å². The SMILES string of the molecule is CCCCCCCCCCCCCCCCC(C)N(C)c1ccc(-c2nn[nH]n2)cc1.CCCCCCCCCCCCCCCCC(C)N(C)c1ccc(-c2nnc(-c3ccc(C#N)cc3)o2)cc1.N#Cc1ccc(C(=O)CCl)cc1. The van der Waals surface area contributed by atoms with Crippen molar-refractivity contribution in [1.82, 2.24) is 30.8 Å². The van der Waals surface area contributed by atoms with Crippen LogP contribution >= 0.6 is 11.6 Å². The molecule has 2 aromatic heterocycles. The summed E-state index contributed by atoms with van der Waals surface area (Å²) < 4.78 is 5.89. The first-order chi connectivity index (χ1) is 40.1. The van der Waals surface area contributed by atoms with Gasteiger partial charge < -0.3 is 14.2 Å². The molecule has 6 rings (SSSR count). The third-order valence-electron chi connectivity index (χ3n) is 15.8. The second kappa shape index (κ2) is 42.4. The molecule has 0 fully saturated rings. The average Bonchev–Trinajstić information content (AvgIpc) is 4.38. The van der Waals surface area contributed by atoms with Gasteiger partial charge in [-0.2, -0.15) is 15.7 Å². The van der Waals surface area contributed by atoms with E-state index in [9.17, 15) is 4.79 Å². The lowest BCUT2D eigenvalue weighted by Crippen LogP contribution is -2.28. The Morgan fingerprint density at radius 3 is 1.15 bits per heavy atom. The van der Waals surface area contributed by atoms with Crippen LogP contribution in [0.5, 0.6) is 0 Å². The van der Waals surface area contributed by atoms with E-state index in [0.717, 1.165) is 16.7 Å². The third kappa shape index (κ3) is 27.1. The fraction of sp³-hybridized carbons (Fsp3) is 0.565. The first-order valence-electron chi connectivity index (χ1n) is 31.5. The van der Waals surface area contributed by atoms with Gasteiger partial charge in [-0.1, -0.05) is 206 Å². The summed E-state index contributed by atoms with van der Waals surface area (Å²) in [5, 5.41) is 40.0. The number of anilines is 2. The number of nitrogens with zero attached hydrogens (tertiary/aromatic N) is 9. The number of H-pyrrole nitrogens is 1. The summed E-state index contributed by atoms with van der Waals surface area (Å²) in [6.45, 7) is 9.22. The Hall–Kier alpha value is -6.37. The minimum atomic E-state index is -0.124. The van der Waals surface area contributed by atoms with Crippen LogP contribution in [0.1, 0.15) is 242 Å². The van der Waals surface area contributed by atoms with E-state index in [2.05, 4.69) is 125 Å². The number of nitrogens with one attached hydrogen (secondary N) is 1. The standard InChI is InChI=1S/C34H48N4O.C26H45N5.C9H6ClNO/c1-4-5-6-7-8-9-10-11-12-13-14-15-16-17-18-28(2)38(3)32-25-23-31(24-26-32)34-37-36-33(39-34)30-21-19-29(27-35)20-22-30;1-4-5-6-7-8-9-10-11-12-13-14-15-16-17-18-23(2)31(3)25-21-19-24(20-22-25)26-27-29-30-28-26;10-5-9(12)8-3-1-7(6-11)2-4-8/h19-26,28H,4-18H2,1-3H3;19-23H,4-18H2,1-3H3,(H,27,28,29,30);1-4H,5H2. The highest BCUT2D eigenvalue weighted by Crippen LogP contribution is 2.28. The topological polar surface area (TPSA) is 165 Å². The minimum absolute atomic E-state index is 0.0219. The summed E-state index contributed by atoms with van der Waals surface area (Å²) in [5.41, 5.74) is 6.83. The molecule has 0 bridgehead atoms. The normalized spacial score (nSPS) is 11.6. The number of Topliss-reactive ketones (excluding diaryl/α,β-unsaturated/α-hetero) is 1. The maximum Gasteiger partial charge on any atom is 0.248 e. The van der Waals surface area contributed by atoms with Crippen LogP contribution in [0.4, 0.5) is 11.4 Å². The van der Waals surface area contributed by atoms with Gasteiger partial charge in [0.05, 0.1) is 29.1 Å². The number of hydrogen-bond donors (Lipinski definition) is 1. The zero-order valence-corrected chi connectivity index (χ0v) is 51.8. The van der Waals surface area contributed by atoms with Gasteiger partial charge >= 0.3 is 0 Å². The monoisotopic (exact) mass is 1130 g/mol. The Labute approximate surface area is 499 Å². The maximum atomic E-state index is 11.0. The number of tetrazole rings is 1. The zero-order valence-electron chi connectivity index (χ0n) is 51.0. The number of aromatic amines is 1. The number of rotatable bonds is 39. The van der Waals surface area contributed by atoms with Gasteiger partial charge in [-0.25, -0.2) is 0 Å². The number of nitriles is 2. The fourth-order valence-electron chi connectivity index (χ4n) is 10.1. The van der Waals surface area contributed by atoms with E-state index >= 15 is 0 Å². The Kier molecular flexibility index (Phi) is 35.3. The van der Waals surface area contributed by atoms with E-state index < -0.39 is 0 Å². The molecule has 82 heavy (non-hydrogen) atoms. The van der Waals surface area contributed by atoms with Crippen molar-refractivity contribution in [1.29, 1.82) is 10.5 Å². The number of ketones is 1. The van der Waals surface area contributed by atoms with E-state index in [1.54, 1.807) is 36.4 Å². The largest absolute Gasteiger partial charge is 0.416 e. The lowest BCUT2D eigenvalue weighted by atomic mass is 10.0. The average molecular weight is 1140 g/mol. The van der Waals surface area contributed by atoms with Crippen LogP contribution < -0.4 is 9.80 Å². The van der Waals surface area contributed by atoms with Gasteiger partial charge in [0.1, 0.15) is 0 Å². The summed E-state index contributed by atoms with van der Waals surface area (Å²) in [7, 11) is 4.37. The quantitative estimate of drug-likeness (QED) is 0.0222. The van der Waals surface area contributed by atoms with Crippen LogP contribution in [0, 0.1) is 22.7 Å². The molecule has 0 saturated heterocycles. The highest BCUT2D eigenvalue weighted by Gasteiger charge is 2.15. The van der Waals surface area contributed by atoms with Crippen molar-refractivity contribution in [3.05, 3.63) is 114 Å². The van der Waals surface area contributed by atoms with Crippen molar-refractivity contribution in [2.24, 2.45) is 0 Å². The molecule has 6 aromatic rings. The van der Waals surface area contributed by atoms with E-state index in [-0.39, 0.29) is 11.7 Å². The van der Waals surface area contributed by atoms with Crippen LogP contribution in [0.15, 0.2) is 101 Å². The second-order valence-corrected chi connectivity index (χ2v) is 22.6. The third-order valence-corrected chi connectivity index (χ3v) is 16.1. The molecule has 0 aliphatic carbocycles. The minimum Gasteiger partial charge on any atom is -0.416 e. The van der Waals surface area contributed by atoms with Crippen LogP contribution in [0.3, 0.4) is 0 Å². The van der Waals surface area contributed by atoms with E-state index in [0.29, 0.717) is 46.4 Å². The van der Waals surface area contributed by atoms with Crippen molar-refractivity contribution >= 4 is 28.8 Å². The molecule has 2 atom stereocenters. The molecule has 0 radical (unpaired) electrons. The smallest absolute Gasteiger partial charge is 0.248 e. The molecule has 2 unspecified atom stereocenters. The summed E-state index contributed by atoms with van der Waals surface area (Å²) in [6, 6.07) is 35.5. The number of alkyl halides is 1. The van der Waals surface area contributed by atoms with Gasteiger partial charge in [-0.3, -0.25) is 4.79 Å². The Morgan fingerprint density at radius 1 is 0.488 bits per heavy atom. The summed E-state index contributed by atoms with van der Waals surface area (Å²) in [5.74, 6) is 1.45. The molecule has 0 amide bonds. The highest BCUT2D eigenvalue weighted by atomic mass is 35.5. The number of aromatic nitrogens is 6. The number of hydrogen-bond acceptors (Lipinski definition) is 11. The number of benzene rings is 4. The van der Waals surface area contributed by atoms with Crippen LogP contribution in [-0.2, 0) is 0 Å². The molecule has 1 N–H and O–H groups in total. The lowest BCUT2D eigenvalue weighted by Gasteiger charge is -2.27. The first-order valence-corrected chi connectivity index (χ1v) is 32.0. The molecular formula is C69H99ClN10O2. The number of carbonyl (C=O) groups excluding carboxylic acids is 1. The maximum absolute atomic E-state index is 11.0. The van der Waals surface area contributed by atoms with Gasteiger partial charge in [-0.15, -0.1) is 32.0 Å². The summed E-state index contributed by atoms with van der Waals surface area (Å²) in [6.07, 6.45) is 41.9. The lowest BCUT2D eigenvalue weighted by molar-refractivity contribution is 0.102. The fourth-order valence-corrected chi connectivity index (χ4v) is 10.2. The molecule has 444 valence electrons. The molecule has 0 aliphatic rings. The molecule has 0 saturated carbocycles. The summed E-state index contributed by atoms with van der Waals surface area (Å²) in [4.78, 5) is 15.7. The Balaban J connectivity index is 0.000000298. The van der Waals surface area contributed by atoms with E-state index in [1.165, 1.54) is 204 Å². The Morgan fingerprint density at radius 2 is 0.817 bits per heavy atom. The second-order valence-electron chi connectivity index (χ2n) is 22.4. The van der Waals surface area contributed by atoms with E-state index in [4.69, 9.17) is 26.5 Å². The molecule has 4 aromatic carbocycles. The van der Waals surface area contributed by atoms with Crippen molar-refractivity contribution < 1.29 is 9.21 Å². The van der Waals surface area contributed by atoms with Gasteiger partial charge in [0, 0.05) is 59.8 Å². The highest BCUT2D eigenvalue weighted by molar-refractivity contribution is 6.30. The molecule has 12 nitrogen and oxygen atoms in total. The molecular weight excluding hydrogens is 1040 g/mol. The number of unbranched alkanes of at least 4 members (excludes halogenated alkanes) is 26. The van der Waals surface area contributed by atoms with Crippen LogP contribution in [0.25, 0.3) is 34.3 Å². The van der Waals surface area contributed by atoms with Gasteiger partial charge in [-0.05, 0) is 117 Å². The Bertz CT molecular complexity index is 2620. The van der Waals surface area contributed by atoms with Gasteiger partial charge in [0.2, 0.25) is 17.6 Å². The van der Waals surface area contributed by atoms with Crippen LogP contribution in [-0.4, -0.2) is 68.7 Å².